The van der Waals surface area contributed by atoms with E-state index < -0.39 is 0 Å². The van der Waals surface area contributed by atoms with Crippen molar-refractivity contribution in [1.29, 1.82) is 0 Å². The highest BCUT2D eigenvalue weighted by Gasteiger charge is 2.18. The smallest absolute Gasteiger partial charge is 0.286 e. The van der Waals surface area contributed by atoms with E-state index in [-0.39, 0.29) is 10.7 Å². The number of benzene rings is 2. The van der Waals surface area contributed by atoms with Crippen LogP contribution in [0, 0.1) is 5.41 Å². The molecule has 20 heavy (non-hydrogen) atoms. The molecular formula is C17H21NOS. The molecular weight excluding hydrogens is 266 g/mol. The van der Waals surface area contributed by atoms with Gasteiger partial charge in [-0.2, -0.15) is 0 Å². The molecule has 1 amide bonds. The minimum absolute atomic E-state index is 0.0928. The van der Waals surface area contributed by atoms with E-state index in [1.807, 2.05) is 25.2 Å². The average molecular weight is 287 g/mol. The Morgan fingerprint density at radius 1 is 1.10 bits per heavy atom. The Balaban J connectivity index is 2.09. The van der Waals surface area contributed by atoms with E-state index in [1.54, 1.807) is 4.90 Å². The lowest BCUT2D eigenvalue weighted by Crippen LogP contribution is -2.31. The first-order chi connectivity index (χ1) is 9.35. The Morgan fingerprint density at radius 3 is 2.40 bits per heavy atom. The van der Waals surface area contributed by atoms with E-state index in [9.17, 15) is 4.79 Å². The topological polar surface area (TPSA) is 20.3 Å². The lowest BCUT2D eigenvalue weighted by Gasteiger charge is -2.26. The second-order valence-corrected chi connectivity index (χ2v) is 7.32. The van der Waals surface area contributed by atoms with Crippen molar-refractivity contribution < 1.29 is 4.79 Å². The molecule has 0 fully saturated rings. The minimum atomic E-state index is 0.0928. The van der Waals surface area contributed by atoms with Crippen molar-refractivity contribution in [3.8, 4) is 0 Å². The van der Waals surface area contributed by atoms with Gasteiger partial charge in [-0.1, -0.05) is 51.1 Å². The van der Waals surface area contributed by atoms with Crippen LogP contribution in [0.15, 0.2) is 47.4 Å². The maximum atomic E-state index is 12.2. The number of amides is 1. The summed E-state index contributed by atoms with van der Waals surface area (Å²) in [4.78, 5) is 15.0. The fourth-order valence-electron chi connectivity index (χ4n) is 2.19. The highest BCUT2D eigenvalue weighted by atomic mass is 32.2. The molecule has 3 heteroatoms. The van der Waals surface area contributed by atoms with Crippen LogP contribution in [0.5, 0.6) is 0 Å². The van der Waals surface area contributed by atoms with Gasteiger partial charge in [0, 0.05) is 18.5 Å². The molecule has 2 aromatic rings. The SMILES string of the molecule is CN(CC(C)(C)C)C(=O)Sc1ccc2ccccc2c1. The summed E-state index contributed by atoms with van der Waals surface area (Å²) in [6.07, 6.45) is 0. The number of nitrogens with zero attached hydrogens (tertiary/aromatic N) is 1. The largest absolute Gasteiger partial charge is 0.336 e. The Labute approximate surface area is 125 Å². The van der Waals surface area contributed by atoms with Crippen molar-refractivity contribution in [2.75, 3.05) is 13.6 Å². The van der Waals surface area contributed by atoms with Crippen molar-refractivity contribution in [2.24, 2.45) is 5.41 Å². The maximum Gasteiger partial charge on any atom is 0.286 e. The van der Waals surface area contributed by atoms with Gasteiger partial charge in [-0.25, -0.2) is 0 Å². The van der Waals surface area contributed by atoms with Gasteiger partial charge < -0.3 is 4.90 Å². The van der Waals surface area contributed by atoms with Crippen LogP contribution in [-0.2, 0) is 0 Å². The third-order valence-corrected chi connectivity index (χ3v) is 3.93. The van der Waals surface area contributed by atoms with Crippen molar-refractivity contribution in [1.82, 2.24) is 4.90 Å². The Bertz CT molecular complexity index is 616. The van der Waals surface area contributed by atoms with Crippen LogP contribution in [0.25, 0.3) is 10.8 Å². The predicted octanol–water partition coefficient (Wildman–Crippen LogP) is 5.03. The molecule has 2 nitrogen and oxygen atoms in total. The van der Waals surface area contributed by atoms with Gasteiger partial charge in [-0.05, 0) is 40.1 Å². The predicted molar refractivity (Wildman–Crippen MR) is 87.3 cm³/mol. The Morgan fingerprint density at radius 2 is 1.75 bits per heavy atom. The lowest BCUT2D eigenvalue weighted by molar-refractivity contribution is 0.211. The van der Waals surface area contributed by atoms with E-state index in [4.69, 9.17) is 0 Å². The minimum Gasteiger partial charge on any atom is -0.336 e. The molecule has 0 bridgehead atoms. The average Bonchev–Trinajstić information content (AvgIpc) is 2.36. The highest BCUT2D eigenvalue weighted by molar-refractivity contribution is 8.13. The molecule has 106 valence electrons. The van der Waals surface area contributed by atoms with Gasteiger partial charge in [-0.3, -0.25) is 4.79 Å². The number of carbonyl (C=O) groups excluding carboxylic acids is 1. The summed E-state index contributed by atoms with van der Waals surface area (Å²) in [5, 5.41) is 2.46. The molecule has 0 aliphatic rings. The van der Waals surface area contributed by atoms with Gasteiger partial charge in [0.1, 0.15) is 0 Å². The third kappa shape index (κ3) is 4.01. The first kappa shape index (κ1) is 14.9. The van der Waals surface area contributed by atoms with Gasteiger partial charge in [0.15, 0.2) is 0 Å². The number of carbonyl (C=O) groups is 1. The normalized spacial score (nSPS) is 11.6. The van der Waals surface area contributed by atoms with E-state index >= 15 is 0 Å². The van der Waals surface area contributed by atoms with Crippen molar-refractivity contribution in [3.63, 3.8) is 0 Å². The standard InChI is InChI=1S/C17H21NOS/c1-17(2,3)12-18(4)16(19)20-15-10-9-13-7-5-6-8-14(13)11-15/h5-11H,12H2,1-4H3. The zero-order valence-electron chi connectivity index (χ0n) is 12.5. The first-order valence-electron chi connectivity index (χ1n) is 6.77. The van der Waals surface area contributed by atoms with E-state index in [0.29, 0.717) is 0 Å². The lowest BCUT2D eigenvalue weighted by atomic mass is 9.97. The number of thioether (sulfide) groups is 1. The Kier molecular flexibility index (Phi) is 4.39. The van der Waals surface area contributed by atoms with Crippen molar-refractivity contribution in [3.05, 3.63) is 42.5 Å². The molecule has 0 saturated heterocycles. The molecule has 0 atom stereocenters. The molecule has 0 spiro atoms. The van der Waals surface area contributed by atoms with Crippen LogP contribution < -0.4 is 0 Å². The summed E-state index contributed by atoms with van der Waals surface area (Å²) in [6, 6.07) is 14.3. The Hall–Kier alpha value is -1.48. The summed E-state index contributed by atoms with van der Waals surface area (Å²) >= 11 is 1.29. The molecule has 0 heterocycles. The number of rotatable bonds is 2. The third-order valence-electron chi connectivity index (χ3n) is 2.95. The van der Waals surface area contributed by atoms with E-state index in [1.165, 1.54) is 22.5 Å². The second kappa shape index (κ2) is 5.88. The molecule has 0 unspecified atom stereocenters. The van der Waals surface area contributed by atoms with E-state index in [2.05, 4.69) is 45.0 Å². The number of hydrogen-bond acceptors (Lipinski definition) is 2. The quantitative estimate of drug-likeness (QED) is 0.722. The van der Waals surface area contributed by atoms with Gasteiger partial charge in [0.2, 0.25) is 0 Å². The number of fused-ring (bicyclic) bond motifs is 1. The molecule has 2 rings (SSSR count). The molecule has 0 aliphatic heterocycles. The zero-order valence-corrected chi connectivity index (χ0v) is 13.3. The molecule has 0 N–H and O–H groups in total. The summed E-state index contributed by atoms with van der Waals surface area (Å²) < 4.78 is 0. The summed E-state index contributed by atoms with van der Waals surface area (Å²) in [5.74, 6) is 0. The van der Waals surface area contributed by atoms with Crippen LogP contribution >= 0.6 is 11.8 Å². The first-order valence-corrected chi connectivity index (χ1v) is 7.58. The monoisotopic (exact) mass is 287 g/mol. The number of hydrogen-bond donors (Lipinski definition) is 0. The van der Waals surface area contributed by atoms with Gasteiger partial charge >= 0.3 is 0 Å². The molecule has 0 aromatic heterocycles. The summed E-state index contributed by atoms with van der Waals surface area (Å²) in [5.41, 5.74) is 0.119. The fraction of sp³-hybridized carbons (Fsp3) is 0.353. The highest BCUT2D eigenvalue weighted by Crippen LogP contribution is 2.26. The van der Waals surface area contributed by atoms with Crippen molar-refractivity contribution >= 4 is 27.8 Å². The van der Waals surface area contributed by atoms with Gasteiger partial charge in [-0.15, -0.1) is 0 Å². The van der Waals surface area contributed by atoms with Crippen LogP contribution in [0.2, 0.25) is 0 Å². The maximum absolute atomic E-state index is 12.2. The van der Waals surface area contributed by atoms with Crippen LogP contribution in [0.1, 0.15) is 20.8 Å². The van der Waals surface area contributed by atoms with Crippen LogP contribution in [0.4, 0.5) is 4.79 Å². The fourth-order valence-corrected chi connectivity index (χ4v) is 2.93. The summed E-state index contributed by atoms with van der Waals surface area (Å²) in [6.45, 7) is 7.17. The van der Waals surface area contributed by atoms with Gasteiger partial charge in [0.05, 0.1) is 0 Å². The molecule has 2 aromatic carbocycles. The molecule has 0 radical (unpaired) electrons. The molecule has 0 aliphatic carbocycles. The van der Waals surface area contributed by atoms with Crippen molar-refractivity contribution in [2.45, 2.75) is 25.7 Å². The van der Waals surface area contributed by atoms with Gasteiger partial charge in [0.25, 0.3) is 5.24 Å². The van der Waals surface area contributed by atoms with Crippen LogP contribution in [-0.4, -0.2) is 23.7 Å². The summed E-state index contributed by atoms with van der Waals surface area (Å²) in [7, 11) is 1.86. The second-order valence-electron chi connectivity index (χ2n) is 6.29. The zero-order chi connectivity index (χ0) is 14.8. The van der Waals surface area contributed by atoms with E-state index in [0.717, 1.165) is 11.4 Å². The molecule has 0 saturated carbocycles. The van der Waals surface area contributed by atoms with Crippen LogP contribution in [0.3, 0.4) is 0 Å².